The standard InChI is InChI=1S/C13H21N5/c1-7(2)12-11(14)13(17(6)16-12)18-10(5)8(3)9(4)15-18/h7H,14H2,1-6H3. The lowest BCUT2D eigenvalue weighted by molar-refractivity contribution is 0.668. The van der Waals surface area contributed by atoms with Crippen LogP contribution in [0.15, 0.2) is 0 Å². The lowest BCUT2D eigenvalue weighted by Gasteiger charge is -2.06. The molecule has 0 saturated carbocycles. The first-order chi connectivity index (χ1) is 8.34. The van der Waals surface area contributed by atoms with Crippen LogP contribution >= 0.6 is 0 Å². The maximum atomic E-state index is 6.22. The molecule has 2 N–H and O–H groups in total. The molecule has 0 unspecified atom stereocenters. The fourth-order valence-electron chi connectivity index (χ4n) is 2.16. The van der Waals surface area contributed by atoms with Gasteiger partial charge in [-0.05, 0) is 32.3 Å². The molecule has 0 aliphatic carbocycles. The number of aryl methyl sites for hydroxylation is 2. The Hall–Kier alpha value is -1.78. The summed E-state index contributed by atoms with van der Waals surface area (Å²) in [5, 5.41) is 9.05. The summed E-state index contributed by atoms with van der Waals surface area (Å²) >= 11 is 0. The summed E-state index contributed by atoms with van der Waals surface area (Å²) in [5.41, 5.74) is 11.2. The maximum absolute atomic E-state index is 6.22. The Morgan fingerprint density at radius 1 is 1.11 bits per heavy atom. The fourth-order valence-corrected chi connectivity index (χ4v) is 2.16. The maximum Gasteiger partial charge on any atom is 0.175 e. The molecule has 0 aromatic carbocycles. The molecule has 0 aliphatic rings. The summed E-state index contributed by atoms with van der Waals surface area (Å²) in [6.45, 7) is 10.3. The number of rotatable bonds is 2. The molecule has 5 nitrogen and oxygen atoms in total. The van der Waals surface area contributed by atoms with Crippen molar-refractivity contribution < 1.29 is 0 Å². The van der Waals surface area contributed by atoms with Gasteiger partial charge in [-0.25, -0.2) is 9.36 Å². The van der Waals surface area contributed by atoms with Crippen LogP contribution in [0.2, 0.25) is 0 Å². The van der Waals surface area contributed by atoms with Gasteiger partial charge in [0.05, 0.1) is 11.4 Å². The Kier molecular flexibility index (Phi) is 2.92. The van der Waals surface area contributed by atoms with Crippen LogP contribution < -0.4 is 5.73 Å². The third-order valence-electron chi connectivity index (χ3n) is 3.48. The topological polar surface area (TPSA) is 61.7 Å². The lowest BCUT2D eigenvalue weighted by atomic mass is 10.1. The second kappa shape index (κ2) is 4.15. The van der Waals surface area contributed by atoms with Gasteiger partial charge in [-0.2, -0.15) is 10.2 Å². The Balaban J connectivity index is 2.68. The molecular weight excluding hydrogens is 226 g/mol. The van der Waals surface area contributed by atoms with Crippen LogP contribution in [0, 0.1) is 20.8 Å². The predicted octanol–water partition coefficient (Wildman–Crippen LogP) is 2.24. The number of nitrogens with two attached hydrogens (primary N) is 1. The number of anilines is 1. The minimum atomic E-state index is 0.308. The van der Waals surface area contributed by atoms with E-state index in [1.54, 1.807) is 0 Å². The highest BCUT2D eigenvalue weighted by molar-refractivity contribution is 5.59. The second-order valence-corrected chi connectivity index (χ2v) is 5.11. The van der Waals surface area contributed by atoms with Gasteiger partial charge in [0.1, 0.15) is 5.69 Å². The normalized spacial score (nSPS) is 11.5. The molecular formula is C13H21N5. The second-order valence-electron chi connectivity index (χ2n) is 5.11. The van der Waals surface area contributed by atoms with Crippen molar-refractivity contribution >= 4 is 5.69 Å². The van der Waals surface area contributed by atoms with E-state index < -0.39 is 0 Å². The zero-order valence-corrected chi connectivity index (χ0v) is 11.9. The monoisotopic (exact) mass is 247 g/mol. The van der Waals surface area contributed by atoms with Crippen molar-refractivity contribution in [1.82, 2.24) is 19.6 Å². The third kappa shape index (κ3) is 1.70. The fraction of sp³-hybridized carbons (Fsp3) is 0.538. The minimum Gasteiger partial charge on any atom is -0.394 e. The van der Waals surface area contributed by atoms with Crippen molar-refractivity contribution in [1.29, 1.82) is 0 Å². The number of aromatic nitrogens is 4. The van der Waals surface area contributed by atoms with Crippen molar-refractivity contribution in [3.63, 3.8) is 0 Å². The molecule has 5 heteroatoms. The van der Waals surface area contributed by atoms with Gasteiger partial charge in [0.25, 0.3) is 0 Å². The van der Waals surface area contributed by atoms with E-state index >= 15 is 0 Å². The van der Waals surface area contributed by atoms with Gasteiger partial charge >= 0.3 is 0 Å². The van der Waals surface area contributed by atoms with E-state index in [9.17, 15) is 0 Å². The molecule has 0 fully saturated rings. The Labute approximate surface area is 108 Å². The van der Waals surface area contributed by atoms with Gasteiger partial charge in [-0.1, -0.05) is 13.8 Å². The first-order valence-electron chi connectivity index (χ1n) is 6.20. The highest BCUT2D eigenvalue weighted by atomic mass is 15.4. The van der Waals surface area contributed by atoms with E-state index in [2.05, 4.69) is 37.9 Å². The molecule has 0 spiro atoms. The predicted molar refractivity (Wildman–Crippen MR) is 73.0 cm³/mol. The number of hydrogen-bond donors (Lipinski definition) is 1. The van der Waals surface area contributed by atoms with Crippen molar-refractivity contribution in [2.24, 2.45) is 7.05 Å². The van der Waals surface area contributed by atoms with E-state index in [1.807, 2.05) is 23.3 Å². The van der Waals surface area contributed by atoms with Crippen molar-refractivity contribution in [3.8, 4) is 5.82 Å². The first-order valence-corrected chi connectivity index (χ1v) is 6.20. The van der Waals surface area contributed by atoms with Gasteiger partial charge < -0.3 is 5.73 Å². The average molecular weight is 247 g/mol. The third-order valence-corrected chi connectivity index (χ3v) is 3.48. The lowest BCUT2D eigenvalue weighted by Crippen LogP contribution is -2.08. The van der Waals surface area contributed by atoms with Crippen LogP contribution in [0.5, 0.6) is 0 Å². The van der Waals surface area contributed by atoms with Crippen LogP contribution in [0.25, 0.3) is 5.82 Å². The molecule has 2 aromatic heterocycles. The van der Waals surface area contributed by atoms with Crippen molar-refractivity contribution in [2.45, 2.75) is 40.5 Å². The van der Waals surface area contributed by atoms with E-state index in [4.69, 9.17) is 5.73 Å². The number of hydrogen-bond acceptors (Lipinski definition) is 3. The molecule has 98 valence electrons. The van der Waals surface area contributed by atoms with Crippen molar-refractivity contribution in [2.75, 3.05) is 5.73 Å². The molecule has 0 amide bonds. The van der Waals surface area contributed by atoms with Gasteiger partial charge in [0.15, 0.2) is 5.82 Å². The molecule has 0 radical (unpaired) electrons. The highest BCUT2D eigenvalue weighted by Gasteiger charge is 2.20. The first kappa shape index (κ1) is 12.7. The van der Waals surface area contributed by atoms with Crippen LogP contribution in [-0.4, -0.2) is 19.6 Å². The van der Waals surface area contributed by atoms with Gasteiger partial charge in [-0.3, -0.25) is 0 Å². The summed E-state index contributed by atoms with van der Waals surface area (Å²) in [6, 6.07) is 0. The van der Waals surface area contributed by atoms with Crippen LogP contribution in [0.3, 0.4) is 0 Å². The van der Waals surface area contributed by atoms with Crippen LogP contribution in [0.4, 0.5) is 5.69 Å². The molecule has 0 saturated heterocycles. The number of nitrogen functional groups attached to an aromatic ring is 1. The summed E-state index contributed by atoms with van der Waals surface area (Å²) in [6.07, 6.45) is 0. The van der Waals surface area contributed by atoms with Crippen molar-refractivity contribution in [3.05, 3.63) is 22.6 Å². The van der Waals surface area contributed by atoms with Gasteiger partial charge in [-0.15, -0.1) is 0 Å². The Morgan fingerprint density at radius 2 is 1.72 bits per heavy atom. The smallest absolute Gasteiger partial charge is 0.175 e. The van der Waals surface area contributed by atoms with E-state index in [-0.39, 0.29) is 0 Å². The van der Waals surface area contributed by atoms with Gasteiger partial charge in [0, 0.05) is 12.7 Å². The summed E-state index contributed by atoms with van der Waals surface area (Å²) in [5.74, 6) is 1.16. The summed E-state index contributed by atoms with van der Waals surface area (Å²) in [7, 11) is 1.91. The molecule has 0 atom stereocenters. The molecule has 0 bridgehead atoms. The summed E-state index contributed by atoms with van der Waals surface area (Å²) in [4.78, 5) is 0. The van der Waals surface area contributed by atoms with Crippen LogP contribution in [-0.2, 0) is 7.05 Å². The molecule has 2 heterocycles. The minimum absolute atomic E-state index is 0.308. The number of nitrogens with zero attached hydrogens (tertiary/aromatic N) is 4. The zero-order chi connectivity index (χ0) is 13.6. The molecule has 2 aromatic rings. The Morgan fingerprint density at radius 3 is 2.11 bits per heavy atom. The largest absolute Gasteiger partial charge is 0.394 e. The molecule has 2 rings (SSSR count). The SMILES string of the molecule is Cc1nn(-c2c(N)c(C(C)C)nn2C)c(C)c1C. The quantitative estimate of drug-likeness (QED) is 0.885. The summed E-state index contributed by atoms with van der Waals surface area (Å²) < 4.78 is 3.70. The van der Waals surface area contributed by atoms with E-state index in [1.165, 1.54) is 5.56 Å². The Bertz CT molecular complexity index is 589. The van der Waals surface area contributed by atoms with Crippen LogP contribution in [0.1, 0.15) is 42.4 Å². The highest BCUT2D eigenvalue weighted by Crippen LogP contribution is 2.28. The van der Waals surface area contributed by atoms with E-state index in [0.717, 1.165) is 28.6 Å². The average Bonchev–Trinajstić information content (AvgIpc) is 2.71. The van der Waals surface area contributed by atoms with E-state index in [0.29, 0.717) is 5.92 Å². The zero-order valence-electron chi connectivity index (χ0n) is 11.9. The van der Waals surface area contributed by atoms with Gasteiger partial charge in [0.2, 0.25) is 0 Å². The molecule has 18 heavy (non-hydrogen) atoms. The molecule has 0 aliphatic heterocycles.